The third kappa shape index (κ3) is 2.01. The van der Waals surface area contributed by atoms with Crippen LogP contribution in [0.2, 0.25) is 5.02 Å². The number of allylic oxidation sites excluding steroid dienone is 2. The maximum Gasteiger partial charge on any atom is 0.338 e. The second kappa shape index (κ2) is 5.12. The number of aromatic hydroxyl groups is 1. The van der Waals surface area contributed by atoms with Crippen LogP contribution in [0.25, 0.3) is 10.8 Å². The zero-order chi connectivity index (χ0) is 17.2. The Kier molecular flexibility index (Phi) is 3.26. The lowest BCUT2D eigenvalue weighted by Crippen LogP contribution is -2.12. The van der Waals surface area contributed by atoms with E-state index in [1.54, 1.807) is 25.1 Å². The summed E-state index contributed by atoms with van der Waals surface area (Å²) >= 11 is 6.11. The molecule has 2 aliphatic rings. The van der Waals surface area contributed by atoms with Crippen molar-refractivity contribution >= 4 is 28.3 Å². The number of carbonyl (C=O) groups excluding carboxylic acids is 1. The number of esters is 1. The number of halogens is 1. The van der Waals surface area contributed by atoms with Gasteiger partial charge in [0, 0.05) is 44.3 Å². The summed E-state index contributed by atoms with van der Waals surface area (Å²) in [5, 5.41) is 12.7. The van der Waals surface area contributed by atoms with Gasteiger partial charge >= 0.3 is 5.97 Å². The van der Waals surface area contributed by atoms with Crippen LogP contribution in [0.4, 0.5) is 0 Å². The van der Waals surface area contributed by atoms with E-state index in [0.717, 1.165) is 17.5 Å². The van der Waals surface area contributed by atoms with Crippen molar-refractivity contribution < 1.29 is 14.6 Å². The van der Waals surface area contributed by atoms with Gasteiger partial charge in [-0.15, -0.1) is 0 Å². The fourth-order valence-electron chi connectivity index (χ4n) is 3.95. The van der Waals surface area contributed by atoms with Crippen LogP contribution >= 0.6 is 11.6 Å². The van der Waals surface area contributed by atoms with Gasteiger partial charge in [0.05, 0.1) is 0 Å². The molecule has 0 heterocycles. The average molecular weight is 341 g/mol. The fraction of sp³-hybridized carbons (Fsp3) is 0.250. The van der Waals surface area contributed by atoms with Crippen molar-refractivity contribution in [3.05, 3.63) is 58.1 Å². The first kappa shape index (κ1) is 15.3. The number of benzene rings is 2. The van der Waals surface area contributed by atoms with Crippen molar-refractivity contribution in [1.29, 1.82) is 0 Å². The molecule has 24 heavy (non-hydrogen) atoms. The number of carbonyl (C=O) groups is 1. The number of ether oxygens (including phenoxy) is 1. The highest BCUT2D eigenvalue weighted by atomic mass is 35.5. The minimum Gasteiger partial charge on any atom is -0.507 e. The molecule has 1 N–H and O–H groups in total. The van der Waals surface area contributed by atoms with Gasteiger partial charge in [-0.05, 0) is 38.5 Å². The van der Waals surface area contributed by atoms with Gasteiger partial charge in [0.1, 0.15) is 11.5 Å². The van der Waals surface area contributed by atoms with E-state index in [2.05, 4.69) is 19.6 Å². The minimum atomic E-state index is -0.455. The Labute approximate surface area is 145 Å². The molecule has 0 saturated carbocycles. The summed E-state index contributed by atoms with van der Waals surface area (Å²) in [5.41, 5.74) is 3.40. The van der Waals surface area contributed by atoms with Gasteiger partial charge in [0.15, 0.2) is 0 Å². The first-order valence-electron chi connectivity index (χ1n) is 7.92. The second-order valence-electron chi connectivity index (χ2n) is 6.67. The maximum atomic E-state index is 12.2. The summed E-state index contributed by atoms with van der Waals surface area (Å²) in [7, 11) is 0. The third-order valence-electron chi connectivity index (χ3n) is 5.04. The van der Waals surface area contributed by atoms with Crippen molar-refractivity contribution in [2.45, 2.75) is 32.1 Å². The standard InChI is InChI=1S/C20H17ClO3/c1-9(2)20(23)24-19-13-5-4-12(21)8-15(13)18(22)16-11-6-10(3)14(7-11)17(16)19/h4-6,8,11,14,22H,1,7H2,2-3H3. The molecule has 0 aromatic heterocycles. The highest BCUT2D eigenvalue weighted by Gasteiger charge is 2.42. The van der Waals surface area contributed by atoms with Crippen LogP contribution in [0.1, 0.15) is 43.2 Å². The molecule has 122 valence electrons. The molecule has 0 radical (unpaired) electrons. The Balaban J connectivity index is 2.05. The molecule has 4 rings (SSSR count). The first-order chi connectivity index (χ1) is 11.4. The summed E-state index contributed by atoms with van der Waals surface area (Å²) in [6, 6.07) is 5.25. The number of rotatable bonds is 2. The molecule has 2 aromatic carbocycles. The van der Waals surface area contributed by atoms with Crippen molar-refractivity contribution in [2.75, 3.05) is 0 Å². The van der Waals surface area contributed by atoms with E-state index < -0.39 is 5.97 Å². The van der Waals surface area contributed by atoms with E-state index in [4.69, 9.17) is 16.3 Å². The zero-order valence-electron chi connectivity index (χ0n) is 13.5. The number of fused-ring (bicyclic) bond motifs is 6. The summed E-state index contributed by atoms with van der Waals surface area (Å²) in [6.07, 6.45) is 3.10. The summed E-state index contributed by atoms with van der Waals surface area (Å²) in [4.78, 5) is 12.2. The first-order valence-corrected chi connectivity index (χ1v) is 8.30. The van der Waals surface area contributed by atoms with Gasteiger partial charge in [-0.3, -0.25) is 0 Å². The Morgan fingerprint density at radius 2 is 2.08 bits per heavy atom. The SMILES string of the molecule is C=C(C)C(=O)Oc1c2c(c(O)c3cc(Cl)ccc13)C1C=C(C)C2C1. The molecule has 0 aliphatic heterocycles. The van der Waals surface area contributed by atoms with Gasteiger partial charge < -0.3 is 9.84 Å². The second-order valence-corrected chi connectivity index (χ2v) is 7.11. The number of phenols is 1. The van der Waals surface area contributed by atoms with E-state index in [1.165, 1.54) is 5.57 Å². The highest BCUT2D eigenvalue weighted by Crippen LogP contribution is 2.60. The molecular formula is C20H17ClO3. The smallest absolute Gasteiger partial charge is 0.338 e. The Hall–Kier alpha value is -2.26. The molecule has 2 bridgehead atoms. The van der Waals surface area contributed by atoms with Gasteiger partial charge in [-0.2, -0.15) is 0 Å². The largest absolute Gasteiger partial charge is 0.507 e. The Morgan fingerprint density at radius 1 is 1.33 bits per heavy atom. The summed E-state index contributed by atoms with van der Waals surface area (Å²) in [5.74, 6) is 0.666. The zero-order valence-corrected chi connectivity index (χ0v) is 14.3. The lowest BCUT2D eigenvalue weighted by Gasteiger charge is -2.22. The molecule has 0 spiro atoms. The van der Waals surface area contributed by atoms with Crippen molar-refractivity contribution in [1.82, 2.24) is 0 Å². The molecule has 4 heteroatoms. The quantitative estimate of drug-likeness (QED) is 0.353. The van der Waals surface area contributed by atoms with E-state index in [9.17, 15) is 9.90 Å². The molecule has 3 nitrogen and oxygen atoms in total. The predicted octanol–water partition coefficient (Wildman–Crippen LogP) is 5.21. The molecule has 0 fully saturated rings. The molecule has 0 saturated heterocycles. The van der Waals surface area contributed by atoms with Crippen LogP contribution < -0.4 is 4.74 Å². The van der Waals surface area contributed by atoms with Gasteiger partial charge in [-0.25, -0.2) is 4.79 Å². The molecule has 2 unspecified atom stereocenters. The van der Waals surface area contributed by atoms with Crippen molar-refractivity contribution in [3.8, 4) is 11.5 Å². The fourth-order valence-corrected chi connectivity index (χ4v) is 4.12. The van der Waals surface area contributed by atoms with Crippen LogP contribution in [0.3, 0.4) is 0 Å². The van der Waals surface area contributed by atoms with E-state index in [-0.39, 0.29) is 17.6 Å². The van der Waals surface area contributed by atoms with E-state index in [0.29, 0.717) is 27.1 Å². The number of hydrogen-bond donors (Lipinski definition) is 1. The lowest BCUT2D eigenvalue weighted by molar-refractivity contribution is -0.130. The molecular weight excluding hydrogens is 324 g/mol. The van der Waals surface area contributed by atoms with Crippen LogP contribution in [0.15, 0.2) is 42.0 Å². The van der Waals surface area contributed by atoms with Crippen LogP contribution in [-0.2, 0) is 4.79 Å². The Bertz CT molecular complexity index is 955. The molecule has 2 aliphatic carbocycles. The Morgan fingerprint density at radius 3 is 2.79 bits per heavy atom. The summed E-state index contributed by atoms with van der Waals surface area (Å²) in [6.45, 7) is 7.37. The van der Waals surface area contributed by atoms with Crippen LogP contribution in [0.5, 0.6) is 11.5 Å². The van der Waals surface area contributed by atoms with Gasteiger partial charge in [0.2, 0.25) is 0 Å². The minimum absolute atomic E-state index is 0.163. The predicted molar refractivity (Wildman–Crippen MR) is 94.9 cm³/mol. The van der Waals surface area contributed by atoms with E-state index >= 15 is 0 Å². The van der Waals surface area contributed by atoms with Crippen LogP contribution in [0, 0.1) is 0 Å². The normalized spacial score (nSPS) is 20.9. The van der Waals surface area contributed by atoms with Gasteiger partial charge in [0.25, 0.3) is 0 Å². The third-order valence-corrected chi connectivity index (χ3v) is 5.27. The van der Waals surface area contributed by atoms with Crippen molar-refractivity contribution in [2.24, 2.45) is 0 Å². The average Bonchev–Trinajstić information content (AvgIpc) is 3.08. The summed E-state index contributed by atoms with van der Waals surface area (Å²) < 4.78 is 5.71. The molecule has 2 aromatic rings. The lowest BCUT2D eigenvalue weighted by atomic mass is 9.87. The van der Waals surface area contributed by atoms with Gasteiger partial charge in [-0.1, -0.05) is 29.8 Å². The van der Waals surface area contributed by atoms with E-state index in [1.807, 2.05) is 0 Å². The van der Waals surface area contributed by atoms with Crippen molar-refractivity contribution in [3.63, 3.8) is 0 Å². The number of hydrogen-bond acceptors (Lipinski definition) is 3. The van der Waals surface area contributed by atoms with Crippen LogP contribution in [-0.4, -0.2) is 11.1 Å². The maximum absolute atomic E-state index is 12.2. The monoisotopic (exact) mass is 340 g/mol. The molecule has 0 amide bonds. The number of phenolic OH excluding ortho intramolecular Hbond substituents is 1. The molecule has 2 atom stereocenters. The topological polar surface area (TPSA) is 46.5 Å². The highest BCUT2D eigenvalue weighted by molar-refractivity contribution is 6.31.